The number of fused-ring (bicyclic) bond motifs is 1. The number of nitrogens with one attached hydrogen (secondary N) is 1. The number of aromatic nitrogens is 1. The number of carbonyl (C=O) groups is 1. The van der Waals surface area contributed by atoms with Gasteiger partial charge < -0.3 is 4.74 Å². The average Bonchev–Trinajstić information content (AvgIpc) is 3.20. The molecular weight excluding hydrogens is 390 g/mol. The Morgan fingerprint density at radius 1 is 1.10 bits per heavy atom. The molecule has 0 saturated carbocycles. The number of rotatable bonds is 6. The zero-order chi connectivity index (χ0) is 20.2. The largest absolute Gasteiger partial charge is 0.483 e. The van der Waals surface area contributed by atoms with Gasteiger partial charge in [0.2, 0.25) is 0 Å². The van der Waals surface area contributed by atoms with Crippen molar-refractivity contribution >= 4 is 38.8 Å². The highest BCUT2D eigenvalue weighted by Gasteiger charge is 2.12. The van der Waals surface area contributed by atoms with Crippen LogP contribution in [-0.4, -0.2) is 22.4 Å². The number of hydrogen-bond acceptors (Lipinski definition) is 6. The number of thiazole rings is 1. The number of nitro benzene ring substituents is 1. The van der Waals surface area contributed by atoms with Crippen molar-refractivity contribution in [2.24, 2.45) is 0 Å². The van der Waals surface area contributed by atoms with Crippen LogP contribution in [0.1, 0.15) is 0 Å². The number of nitrogens with zero attached hydrogens (tertiary/aromatic N) is 2. The Morgan fingerprint density at radius 3 is 2.76 bits per heavy atom. The summed E-state index contributed by atoms with van der Waals surface area (Å²) in [7, 11) is 0. The summed E-state index contributed by atoms with van der Waals surface area (Å²) in [4.78, 5) is 27.1. The Kier molecular flexibility index (Phi) is 5.17. The standard InChI is InChI=1S/C21H15N3O4S/c25-20(12-28-19-10-4-6-14-5-1-2-9-17(14)19)23-21-22-18(13-29-21)15-7-3-8-16(11-15)24(26)27/h1-11,13H,12H2,(H,22,23,25). The van der Waals surface area contributed by atoms with E-state index in [2.05, 4.69) is 10.3 Å². The van der Waals surface area contributed by atoms with Gasteiger partial charge in [0.25, 0.3) is 11.6 Å². The van der Waals surface area contributed by atoms with E-state index in [0.717, 1.165) is 10.8 Å². The van der Waals surface area contributed by atoms with E-state index in [1.54, 1.807) is 17.5 Å². The average molecular weight is 405 g/mol. The van der Waals surface area contributed by atoms with Crippen molar-refractivity contribution in [2.45, 2.75) is 0 Å². The smallest absolute Gasteiger partial charge is 0.270 e. The minimum atomic E-state index is -0.455. The Morgan fingerprint density at radius 2 is 1.90 bits per heavy atom. The summed E-state index contributed by atoms with van der Waals surface area (Å²) < 4.78 is 5.68. The lowest BCUT2D eigenvalue weighted by Crippen LogP contribution is -2.20. The zero-order valence-corrected chi connectivity index (χ0v) is 15.9. The molecular formula is C21H15N3O4S. The van der Waals surface area contributed by atoms with Crippen LogP contribution in [-0.2, 0) is 4.79 Å². The highest BCUT2D eigenvalue weighted by atomic mass is 32.1. The molecule has 0 spiro atoms. The Balaban J connectivity index is 1.42. The number of amides is 1. The van der Waals surface area contributed by atoms with Gasteiger partial charge in [-0.1, -0.05) is 48.5 Å². The molecule has 0 radical (unpaired) electrons. The van der Waals surface area contributed by atoms with Gasteiger partial charge in [0.05, 0.1) is 10.6 Å². The second-order valence-electron chi connectivity index (χ2n) is 6.16. The Labute approximate surface area is 169 Å². The first-order valence-electron chi connectivity index (χ1n) is 8.71. The van der Waals surface area contributed by atoms with Gasteiger partial charge in [-0.25, -0.2) is 4.98 Å². The van der Waals surface area contributed by atoms with Crippen LogP contribution in [0.25, 0.3) is 22.0 Å². The minimum absolute atomic E-state index is 0.00965. The molecule has 1 heterocycles. The van der Waals surface area contributed by atoms with Crippen LogP contribution in [0, 0.1) is 10.1 Å². The molecule has 0 aliphatic heterocycles. The maximum Gasteiger partial charge on any atom is 0.270 e. The van der Waals surface area contributed by atoms with E-state index in [4.69, 9.17) is 4.74 Å². The normalized spacial score (nSPS) is 10.6. The van der Waals surface area contributed by atoms with E-state index >= 15 is 0 Å². The SMILES string of the molecule is O=C(COc1cccc2ccccc12)Nc1nc(-c2cccc([N+](=O)[O-])c2)cs1. The van der Waals surface area contributed by atoms with Gasteiger partial charge in [-0.2, -0.15) is 0 Å². The number of nitro groups is 1. The molecule has 0 aliphatic rings. The summed E-state index contributed by atoms with van der Waals surface area (Å²) in [6.45, 7) is -0.153. The van der Waals surface area contributed by atoms with E-state index < -0.39 is 4.92 Å². The Hall–Kier alpha value is -3.78. The topological polar surface area (TPSA) is 94.4 Å². The van der Waals surface area contributed by atoms with Crippen molar-refractivity contribution < 1.29 is 14.5 Å². The summed E-state index contributed by atoms with van der Waals surface area (Å²) in [5.41, 5.74) is 1.16. The third kappa shape index (κ3) is 4.22. The monoisotopic (exact) mass is 405 g/mol. The van der Waals surface area contributed by atoms with Crippen LogP contribution >= 0.6 is 11.3 Å². The van der Waals surface area contributed by atoms with Crippen molar-refractivity contribution in [2.75, 3.05) is 11.9 Å². The molecule has 0 bridgehead atoms. The first kappa shape index (κ1) is 18.6. The summed E-state index contributed by atoms with van der Waals surface area (Å²) >= 11 is 1.24. The van der Waals surface area contributed by atoms with E-state index in [9.17, 15) is 14.9 Å². The fraction of sp³-hybridized carbons (Fsp3) is 0.0476. The van der Waals surface area contributed by atoms with Gasteiger partial charge in [0.1, 0.15) is 5.75 Å². The van der Waals surface area contributed by atoms with Crippen LogP contribution in [0.4, 0.5) is 10.8 Å². The van der Waals surface area contributed by atoms with E-state index in [1.165, 1.54) is 23.5 Å². The van der Waals surface area contributed by atoms with E-state index in [0.29, 0.717) is 22.1 Å². The molecule has 3 aromatic carbocycles. The molecule has 0 unspecified atom stereocenters. The molecule has 0 saturated heterocycles. The molecule has 144 valence electrons. The van der Waals surface area contributed by atoms with Gasteiger partial charge in [-0.05, 0) is 11.5 Å². The van der Waals surface area contributed by atoms with Gasteiger partial charge >= 0.3 is 0 Å². The second-order valence-corrected chi connectivity index (χ2v) is 7.02. The van der Waals surface area contributed by atoms with Crippen molar-refractivity contribution in [3.8, 4) is 17.0 Å². The highest BCUT2D eigenvalue weighted by molar-refractivity contribution is 7.14. The molecule has 1 aromatic heterocycles. The molecule has 4 aromatic rings. The van der Waals surface area contributed by atoms with Crippen LogP contribution in [0.15, 0.2) is 72.1 Å². The third-order valence-electron chi connectivity index (χ3n) is 4.21. The van der Waals surface area contributed by atoms with Gasteiger partial charge in [-0.3, -0.25) is 20.2 Å². The molecule has 1 amide bonds. The lowest BCUT2D eigenvalue weighted by molar-refractivity contribution is -0.384. The summed E-state index contributed by atoms with van der Waals surface area (Å²) in [6, 6.07) is 19.7. The predicted octanol–water partition coefficient (Wildman–Crippen LogP) is 4.89. The molecule has 0 atom stereocenters. The van der Waals surface area contributed by atoms with Crippen LogP contribution in [0.2, 0.25) is 0 Å². The molecule has 1 N–H and O–H groups in total. The molecule has 29 heavy (non-hydrogen) atoms. The van der Waals surface area contributed by atoms with Crippen molar-refractivity contribution in [3.63, 3.8) is 0 Å². The molecule has 8 heteroatoms. The lowest BCUT2D eigenvalue weighted by Gasteiger charge is -2.08. The predicted molar refractivity (Wildman–Crippen MR) is 112 cm³/mol. The quantitative estimate of drug-likeness (QED) is 0.364. The Bertz CT molecular complexity index is 1200. The first-order chi connectivity index (χ1) is 14.1. The number of hydrogen-bond donors (Lipinski definition) is 1. The van der Waals surface area contributed by atoms with Crippen LogP contribution in [0.3, 0.4) is 0 Å². The zero-order valence-electron chi connectivity index (χ0n) is 15.1. The summed E-state index contributed by atoms with van der Waals surface area (Å²) in [6.07, 6.45) is 0. The molecule has 4 rings (SSSR count). The van der Waals surface area contributed by atoms with Crippen molar-refractivity contribution in [1.29, 1.82) is 0 Å². The molecule has 7 nitrogen and oxygen atoms in total. The highest BCUT2D eigenvalue weighted by Crippen LogP contribution is 2.28. The van der Waals surface area contributed by atoms with Gasteiger partial charge in [-0.15, -0.1) is 11.3 Å². The number of carbonyl (C=O) groups excluding carboxylic acids is 1. The van der Waals surface area contributed by atoms with Crippen LogP contribution < -0.4 is 10.1 Å². The fourth-order valence-corrected chi connectivity index (χ4v) is 3.60. The number of anilines is 1. The number of benzene rings is 3. The van der Waals surface area contributed by atoms with Gasteiger partial charge in [0, 0.05) is 28.5 Å². The first-order valence-corrected chi connectivity index (χ1v) is 9.59. The fourth-order valence-electron chi connectivity index (χ4n) is 2.86. The number of non-ortho nitro benzene ring substituents is 1. The maximum absolute atomic E-state index is 12.3. The summed E-state index contributed by atoms with van der Waals surface area (Å²) in [5, 5.41) is 17.7. The van der Waals surface area contributed by atoms with Crippen molar-refractivity contribution in [3.05, 3.63) is 82.2 Å². The van der Waals surface area contributed by atoms with E-state index in [1.807, 2.05) is 42.5 Å². The minimum Gasteiger partial charge on any atom is -0.483 e. The van der Waals surface area contributed by atoms with E-state index in [-0.39, 0.29) is 18.2 Å². The molecule has 0 fully saturated rings. The number of ether oxygens (including phenoxy) is 1. The van der Waals surface area contributed by atoms with Crippen LogP contribution in [0.5, 0.6) is 5.75 Å². The van der Waals surface area contributed by atoms with Crippen molar-refractivity contribution in [1.82, 2.24) is 4.98 Å². The second kappa shape index (κ2) is 8.07. The maximum atomic E-state index is 12.3. The lowest BCUT2D eigenvalue weighted by atomic mass is 10.1. The third-order valence-corrected chi connectivity index (χ3v) is 4.97. The summed E-state index contributed by atoms with van der Waals surface area (Å²) in [5.74, 6) is 0.299. The molecule has 0 aliphatic carbocycles. The van der Waals surface area contributed by atoms with Gasteiger partial charge in [0.15, 0.2) is 11.7 Å².